The van der Waals surface area contributed by atoms with Crippen LogP contribution >= 0.6 is 11.6 Å². The third-order valence-electron chi connectivity index (χ3n) is 4.21. The molecular weight excluding hydrogens is 300 g/mol. The zero-order valence-corrected chi connectivity index (χ0v) is 13.7. The molecule has 0 aromatic heterocycles. The summed E-state index contributed by atoms with van der Waals surface area (Å²) in [6, 6.07) is 7.16. The van der Waals surface area contributed by atoms with Crippen LogP contribution in [0.5, 0.6) is 0 Å². The summed E-state index contributed by atoms with van der Waals surface area (Å²) in [4.78, 5) is 23.9. The van der Waals surface area contributed by atoms with Gasteiger partial charge in [-0.25, -0.2) is 0 Å². The largest absolute Gasteiger partial charge is 0.353 e. The Bertz CT molecular complexity index is 533. The van der Waals surface area contributed by atoms with Crippen LogP contribution in [0.1, 0.15) is 49.4 Å². The van der Waals surface area contributed by atoms with E-state index in [0.717, 1.165) is 6.42 Å². The first-order valence-corrected chi connectivity index (χ1v) is 8.28. The van der Waals surface area contributed by atoms with E-state index in [9.17, 15) is 9.59 Å². The SMILES string of the molecule is CC1CCCCC1NC(=O)CCNC(=O)c1ccccc1Cl. The number of amides is 2. The molecule has 2 amide bonds. The number of hydrogen-bond donors (Lipinski definition) is 2. The lowest BCUT2D eigenvalue weighted by molar-refractivity contribution is -0.122. The Morgan fingerprint density at radius 2 is 1.95 bits per heavy atom. The van der Waals surface area contributed by atoms with E-state index in [1.165, 1.54) is 19.3 Å². The fourth-order valence-corrected chi connectivity index (χ4v) is 3.06. The molecule has 2 rings (SSSR count). The van der Waals surface area contributed by atoms with Crippen molar-refractivity contribution in [1.29, 1.82) is 0 Å². The molecule has 4 nitrogen and oxygen atoms in total. The van der Waals surface area contributed by atoms with Gasteiger partial charge < -0.3 is 10.6 Å². The lowest BCUT2D eigenvalue weighted by atomic mass is 9.86. The standard InChI is InChI=1S/C17H23ClN2O2/c1-12-6-2-5-9-15(12)20-16(21)10-11-19-17(22)13-7-3-4-8-14(13)18/h3-4,7-8,12,15H,2,5-6,9-11H2,1H3,(H,19,22)(H,20,21). The Morgan fingerprint density at radius 3 is 2.68 bits per heavy atom. The highest BCUT2D eigenvalue weighted by Crippen LogP contribution is 2.23. The van der Waals surface area contributed by atoms with Gasteiger partial charge in [-0.3, -0.25) is 9.59 Å². The Hall–Kier alpha value is -1.55. The number of hydrogen-bond acceptors (Lipinski definition) is 2. The lowest BCUT2D eigenvalue weighted by Crippen LogP contribution is -2.42. The van der Waals surface area contributed by atoms with E-state index in [4.69, 9.17) is 11.6 Å². The Labute approximate surface area is 136 Å². The van der Waals surface area contributed by atoms with Gasteiger partial charge in [0, 0.05) is 19.0 Å². The molecule has 0 aliphatic heterocycles. The maximum absolute atomic E-state index is 12.0. The third-order valence-corrected chi connectivity index (χ3v) is 4.54. The normalized spacial score (nSPS) is 21.2. The van der Waals surface area contributed by atoms with Crippen LogP contribution in [0.15, 0.2) is 24.3 Å². The van der Waals surface area contributed by atoms with Gasteiger partial charge in [0.2, 0.25) is 5.91 Å². The van der Waals surface area contributed by atoms with Crippen LogP contribution in [0, 0.1) is 5.92 Å². The lowest BCUT2D eigenvalue weighted by Gasteiger charge is -2.29. The van der Waals surface area contributed by atoms with Crippen LogP contribution < -0.4 is 10.6 Å². The molecule has 1 saturated carbocycles. The molecule has 1 aromatic rings. The molecule has 2 N–H and O–H groups in total. The number of rotatable bonds is 5. The first-order valence-electron chi connectivity index (χ1n) is 7.90. The zero-order chi connectivity index (χ0) is 15.9. The van der Waals surface area contributed by atoms with Gasteiger partial charge in [0.15, 0.2) is 0 Å². The third kappa shape index (κ3) is 4.73. The van der Waals surface area contributed by atoms with E-state index in [0.29, 0.717) is 29.5 Å². The molecular formula is C17H23ClN2O2. The summed E-state index contributed by atoms with van der Waals surface area (Å²) in [7, 11) is 0. The predicted molar refractivity (Wildman–Crippen MR) is 88.0 cm³/mol. The van der Waals surface area contributed by atoms with E-state index >= 15 is 0 Å². The van der Waals surface area contributed by atoms with Gasteiger partial charge in [-0.05, 0) is 30.9 Å². The van der Waals surface area contributed by atoms with Gasteiger partial charge >= 0.3 is 0 Å². The monoisotopic (exact) mass is 322 g/mol. The van der Waals surface area contributed by atoms with E-state index in [-0.39, 0.29) is 17.9 Å². The molecule has 1 fully saturated rings. The Morgan fingerprint density at radius 1 is 1.23 bits per heavy atom. The van der Waals surface area contributed by atoms with Crippen LogP contribution in [0.2, 0.25) is 5.02 Å². The van der Waals surface area contributed by atoms with Crippen molar-refractivity contribution < 1.29 is 9.59 Å². The molecule has 0 bridgehead atoms. The number of carbonyl (C=O) groups excluding carboxylic acids is 2. The van der Waals surface area contributed by atoms with E-state index in [1.54, 1.807) is 24.3 Å². The van der Waals surface area contributed by atoms with Crippen molar-refractivity contribution in [3.63, 3.8) is 0 Å². The van der Waals surface area contributed by atoms with Crippen LogP contribution in [0.4, 0.5) is 0 Å². The second kappa shape index (κ2) is 8.18. The van der Waals surface area contributed by atoms with Crippen molar-refractivity contribution in [2.75, 3.05) is 6.54 Å². The summed E-state index contributed by atoms with van der Waals surface area (Å²) in [6.07, 6.45) is 4.95. The molecule has 0 spiro atoms. The average Bonchev–Trinajstić information content (AvgIpc) is 2.50. The smallest absolute Gasteiger partial charge is 0.252 e. The van der Waals surface area contributed by atoms with Crippen molar-refractivity contribution in [2.45, 2.75) is 45.1 Å². The van der Waals surface area contributed by atoms with Gasteiger partial charge in [0.05, 0.1) is 10.6 Å². The fourth-order valence-electron chi connectivity index (χ4n) is 2.84. The maximum Gasteiger partial charge on any atom is 0.252 e. The van der Waals surface area contributed by atoms with E-state index in [2.05, 4.69) is 17.6 Å². The molecule has 22 heavy (non-hydrogen) atoms. The molecule has 5 heteroatoms. The van der Waals surface area contributed by atoms with Crippen molar-refractivity contribution in [1.82, 2.24) is 10.6 Å². The molecule has 2 atom stereocenters. The summed E-state index contributed by atoms with van der Waals surface area (Å²) in [5, 5.41) is 6.23. The van der Waals surface area contributed by atoms with Gasteiger partial charge in [-0.15, -0.1) is 0 Å². The number of halogens is 1. The van der Waals surface area contributed by atoms with E-state index in [1.807, 2.05) is 0 Å². The van der Waals surface area contributed by atoms with Crippen molar-refractivity contribution in [3.05, 3.63) is 34.9 Å². The highest BCUT2D eigenvalue weighted by molar-refractivity contribution is 6.33. The molecule has 1 aliphatic carbocycles. The molecule has 2 unspecified atom stereocenters. The predicted octanol–water partition coefficient (Wildman–Crippen LogP) is 3.15. The molecule has 0 saturated heterocycles. The van der Waals surface area contributed by atoms with Crippen molar-refractivity contribution >= 4 is 23.4 Å². The van der Waals surface area contributed by atoms with Crippen LogP contribution in [-0.2, 0) is 4.79 Å². The summed E-state index contributed by atoms with van der Waals surface area (Å²) in [6.45, 7) is 2.50. The van der Waals surface area contributed by atoms with Crippen LogP contribution in [0.3, 0.4) is 0 Å². The topological polar surface area (TPSA) is 58.2 Å². The van der Waals surface area contributed by atoms with Gasteiger partial charge in [-0.2, -0.15) is 0 Å². The summed E-state index contributed by atoms with van der Waals surface area (Å²) >= 11 is 5.97. The Balaban J connectivity index is 1.73. The minimum atomic E-state index is -0.246. The average molecular weight is 323 g/mol. The highest BCUT2D eigenvalue weighted by atomic mass is 35.5. The quantitative estimate of drug-likeness (QED) is 0.875. The molecule has 0 radical (unpaired) electrons. The zero-order valence-electron chi connectivity index (χ0n) is 12.9. The Kier molecular flexibility index (Phi) is 6.25. The van der Waals surface area contributed by atoms with E-state index < -0.39 is 0 Å². The van der Waals surface area contributed by atoms with Gasteiger partial charge in [0.25, 0.3) is 5.91 Å². The van der Waals surface area contributed by atoms with Crippen molar-refractivity contribution in [2.24, 2.45) is 5.92 Å². The van der Waals surface area contributed by atoms with Gasteiger partial charge in [-0.1, -0.05) is 43.5 Å². The van der Waals surface area contributed by atoms with Crippen LogP contribution in [-0.4, -0.2) is 24.4 Å². The number of benzene rings is 1. The summed E-state index contributed by atoms with van der Waals surface area (Å²) in [5.41, 5.74) is 0.436. The number of carbonyl (C=O) groups is 2. The molecule has 120 valence electrons. The molecule has 1 aliphatic rings. The molecule has 1 aromatic carbocycles. The minimum Gasteiger partial charge on any atom is -0.353 e. The first kappa shape index (κ1) is 16.8. The van der Waals surface area contributed by atoms with Crippen LogP contribution in [0.25, 0.3) is 0 Å². The second-order valence-corrected chi connectivity index (χ2v) is 6.33. The van der Waals surface area contributed by atoms with Crippen molar-refractivity contribution in [3.8, 4) is 0 Å². The highest BCUT2D eigenvalue weighted by Gasteiger charge is 2.22. The maximum atomic E-state index is 12.0. The fraction of sp³-hybridized carbons (Fsp3) is 0.529. The molecule has 0 heterocycles. The van der Waals surface area contributed by atoms with Gasteiger partial charge in [0.1, 0.15) is 0 Å². The summed E-state index contributed by atoms with van der Waals surface area (Å²) < 4.78 is 0. The summed E-state index contributed by atoms with van der Waals surface area (Å²) in [5.74, 6) is 0.290. The first-order chi connectivity index (χ1) is 10.6. The number of nitrogens with one attached hydrogen (secondary N) is 2. The second-order valence-electron chi connectivity index (χ2n) is 5.92. The minimum absolute atomic E-state index is 0.00166.